The van der Waals surface area contributed by atoms with E-state index >= 15 is 0 Å². The normalized spacial score (nSPS) is 17.9. The minimum atomic E-state index is 0.348. The van der Waals surface area contributed by atoms with E-state index in [1.807, 2.05) is 49.0 Å². The van der Waals surface area contributed by atoms with Crippen LogP contribution in [0.25, 0.3) is 0 Å². The number of aromatic hydroxyl groups is 1. The summed E-state index contributed by atoms with van der Waals surface area (Å²) in [4.78, 5) is 2.21. The molecule has 146 valence electrons. The lowest BCUT2D eigenvalue weighted by Crippen LogP contribution is -2.40. The van der Waals surface area contributed by atoms with Gasteiger partial charge in [-0.2, -0.15) is 0 Å². The third-order valence-corrected chi connectivity index (χ3v) is 7.45. The number of ether oxygens (including phenoxy) is 1. The Labute approximate surface area is 171 Å². The van der Waals surface area contributed by atoms with Crippen molar-refractivity contribution >= 4 is 23.5 Å². The van der Waals surface area contributed by atoms with E-state index in [0.717, 1.165) is 34.3 Å². The summed E-state index contributed by atoms with van der Waals surface area (Å²) >= 11 is 3.62. The summed E-state index contributed by atoms with van der Waals surface area (Å²) in [7, 11) is 0. The minimum Gasteiger partial charge on any atom is -0.507 e. The van der Waals surface area contributed by atoms with Gasteiger partial charge >= 0.3 is 0 Å². The van der Waals surface area contributed by atoms with Crippen molar-refractivity contribution in [2.45, 2.75) is 36.6 Å². The first-order valence-electron chi connectivity index (χ1n) is 9.54. The van der Waals surface area contributed by atoms with Gasteiger partial charge in [0.2, 0.25) is 0 Å². The van der Waals surface area contributed by atoms with Crippen LogP contribution >= 0.6 is 23.5 Å². The molecule has 3 nitrogen and oxygen atoms in total. The van der Waals surface area contributed by atoms with Crippen molar-refractivity contribution in [3.8, 4) is 11.5 Å². The molecule has 27 heavy (non-hydrogen) atoms. The van der Waals surface area contributed by atoms with Crippen LogP contribution in [0.1, 0.15) is 19.4 Å². The van der Waals surface area contributed by atoms with E-state index in [2.05, 4.69) is 31.3 Å². The molecule has 0 fully saturated rings. The molecule has 0 aromatic heterocycles. The van der Waals surface area contributed by atoms with Crippen LogP contribution in [0, 0.1) is 18.8 Å². The molecule has 1 aliphatic heterocycles. The standard InChI is InChI=1S/C22H29NO2S2/c1-15(2)17(13-26-21-10-6-7-16(3)22(21)24)11-23-18-12-25-19-8-4-5-9-20(19)27-14-18/h4-10,15,17-18,23-24H,11-14H2,1-3H3/t17-,18+/m0/s1. The van der Waals surface area contributed by atoms with E-state index < -0.39 is 0 Å². The molecule has 1 heterocycles. The number of phenols is 1. The van der Waals surface area contributed by atoms with Crippen LogP contribution in [0.3, 0.4) is 0 Å². The van der Waals surface area contributed by atoms with Crippen molar-refractivity contribution in [3.63, 3.8) is 0 Å². The van der Waals surface area contributed by atoms with Crippen LogP contribution in [0.2, 0.25) is 0 Å². The van der Waals surface area contributed by atoms with E-state index in [1.54, 1.807) is 11.8 Å². The second-order valence-corrected chi connectivity index (χ2v) is 9.53. The van der Waals surface area contributed by atoms with Crippen LogP contribution < -0.4 is 10.1 Å². The van der Waals surface area contributed by atoms with Gasteiger partial charge in [0.1, 0.15) is 18.1 Å². The second kappa shape index (κ2) is 9.76. The van der Waals surface area contributed by atoms with E-state index in [4.69, 9.17) is 4.74 Å². The number of phenolic OH excluding ortho intramolecular Hbond substituents is 1. The maximum absolute atomic E-state index is 10.2. The van der Waals surface area contributed by atoms with Gasteiger partial charge in [-0.3, -0.25) is 0 Å². The Morgan fingerprint density at radius 1 is 1.22 bits per heavy atom. The molecule has 5 heteroatoms. The van der Waals surface area contributed by atoms with Gasteiger partial charge in [-0.1, -0.05) is 38.1 Å². The number of fused-ring (bicyclic) bond motifs is 1. The smallest absolute Gasteiger partial charge is 0.132 e. The summed E-state index contributed by atoms with van der Waals surface area (Å²) in [5.41, 5.74) is 0.936. The molecule has 0 spiro atoms. The zero-order chi connectivity index (χ0) is 19.2. The molecular weight excluding hydrogens is 374 g/mol. The molecule has 0 aliphatic carbocycles. The Morgan fingerprint density at radius 3 is 2.85 bits per heavy atom. The molecule has 2 aromatic carbocycles. The number of thioether (sulfide) groups is 2. The molecule has 0 bridgehead atoms. The topological polar surface area (TPSA) is 41.5 Å². The molecule has 0 saturated heterocycles. The van der Waals surface area contributed by atoms with E-state index in [-0.39, 0.29) is 0 Å². The lowest BCUT2D eigenvalue weighted by molar-refractivity contribution is 0.263. The molecule has 0 unspecified atom stereocenters. The number of aryl methyl sites for hydroxylation is 1. The maximum atomic E-state index is 10.2. The zero-order valence-electron chi connectivity index (χ0n) is 16.3. The van der Waals surface area contributed by atoms with Crippen molar-refractivity contribution in [3.05, 3.63) is 48.0 Å². The largest absolute Gasteiger partial charge is 0.507 e. The summed E-state index contributed by atoms with van der Waals surface area (Å²) < 4.78 is 5.99. The van der Waals surface area contributed by atoms with E-state index in [1.165, 1.54) is 4.90 Å². The first-order valence-corrected chi connectivity index (χ1v) is 11.5. The van der Waals surface area contributed by atoms with Crippen molar-refractivity contribution < 1.29 is 9.84 Å². The highest BCUT2D eigenvalue weighted by Gasteiger charge is 2.20. The quantitative estimate of drug-likeness (QED) is 0.621. The Balaban J connectivity index is 1.52. The molecule has 1 aliphatic rings. The molecule has 0 radical (unpaired) electrons. The van der Waals surface area contributed by atoms with Crippen molar-refractivity contribution in [2.24, 2.45) is 11.8 Å². The molecule has 2 atom stereocenters. The Bertz CT molecular complexity index is 724. The van der Waals surface area contributed by atoms with Crippen LogP contribution in [0.4, 0.5) is 0 Å². The number of benzene rings is 2. The third-order valence-electron chi connectivity index (χ3n) is 4.99. The first-order chi connectivity index (χ1) is 13.0. The Hall–Kier alpha value is -1.30. The van der Waals surface area contributed by atoms with Gasteiger partial charge < -0.3 is 15.2 Å². The predicted molar refractivity (Wildman–Crippen MR) is 116 cm³/mol. The fraction of sp³-hybridized carbons (Fsp3) is 0.455. The summed E-state index contributed by atoms with van der Waals surface area (Å²) in [6.07, 6.45) is 0. The zero-order valence-corrected chi connectivity index (χ0v) is 17.9. The van der Waals surface area contributed by atoms with Crippen molar-refractivity contribution in [1.29, 1.82) is 0 Å². The highest BCUT2D eigenvalue weighted by molar-refractivity contribution is 7.99. The molecule has 2 aromatic rings. The Kier molecular flexibility index (Phi) is 7.39. The average Bonchev–Trinajstić information content (AvgIpc) is 2.87. The van der Waals surface area contributed by atoms with Gasteiger partial charge in [-0.05, 0) is 49.1 Å². The van der Waals surface area contributed by atoms with Crippen molar-refractivity contribution in [2.75, 3.05) is 24.7 Å². The summed E-state index contributed by atoms with van der Waals surface area (Å²) in [6, 6.07) is 14.6. The van der Waals surface area contributed by atoms with Gasteiger partial charge in [-0.25, -0.2) is 0 Å². The average molecular weight is 404 g/mol. The second-order valence-electron chi connectivity index (χ2n) is 7.41. The third kappa shape index (κ3) is 5.59. The number of nitrogens with one attached hydrogen (secondary N) is 1. The van der Waals surface area contributed by atoms with Gasteiger partial charge in [-0.15, -0.1) is 23.5 Å². The highest BCUT2D eigenvalue weighted by atomic mass is 32.2. The van der Waals surface area contributed by atoms with Crippen LogP contribution in [-0.4, -0.2) is 35.8 Å². The molecule has 3 rings (SSSR count). The number of para-hydroxylation sites is 2. The van der Waals surface area contributed by atoms with Gasteiger partial charge in [0.25, 0.3) is 0 Å². The highest BCUT2D eigenvalue weighted by Crippen LogP contribution is 2.34. The molecular formula is C22H29NO2S2. The van der Waals surface area contributed by atoms with Crippen LogP contribution in [0.5, 0.6) is 11.5 Å². The van der Waals surface area contributed by atoms with Crippen molar-refractivity contribution in [1.82, 2.24) is 5.32 Å². The summed E-state index contributed by atoms with van der Waals surface area (Å²) in [5.74, 6) is 4.54. The fourth-order valence-electron chi connectivity index (χ4n) is 2.99. The lowest BCUT2D eigenvalue weighted by Gasteiger charge is -2.24. The molecule has 0 amide bonds. The predicted octanol–water partition coefficient (Wildman–Crippen LogP) is 5.21. The van der Waals surface area contributed by atoms with Crippen LogP contribution in [-0.2, 0) is 0 Å². The number of hydrogen-bond acceptors (Lipinski definition) is 5. The SMILES string of the molecule is Cc1cccc(SC[C@H](CN[C@@H]2COc3ccccc3SC2)C(C)C)c1O. The summed E-state index contributed by atoms with van der Waals surface area (Å²) in [5, 5.41) is 14.0. The molecule has 2 N–H and O–H groups in total. The summed E-state index contributed by atoms with van der Waals surface area (Å²) in [6.45, 7) is 8.17. The van der Waals surface area contributed by atoms with Crippen LogP contribution in [0.15, 0.2) is 52.3 Å². The maximum Gasteiger partial charge on any atom is 0.132 e. The molecule has 0 saturated carbocycles. The minimum absolute atomic E-state index is 0.348. The fourth-order valence-corrected chi connectivity index (χ4v) is 5.39. The van der Waals surface area contributed by atoms with Gasteiger partial charge in [0.15, 0.2) is 0 Å². The van der Waals surface area contributed by atoms with Gasteiger partial charge in [0.05, 0.1) is 6.04 Å². The lowest BCUT2D eigenvalue weighted by atomic mass is 9.98. The number of hydrogen-bond donors (Lipinski definition) is 2. The number of rotatable bonds is 7. The van der Waals surface area contributed by atoms with E-state index in [9.17, 15) is 5.11 Å². The Morgan fingerprint density at radius 2 is 2.04 bits per heavy atom. The van der Waals surface area contributed by atoms with E-state index in [0.29, 0.717) is 30.2 Å². The first kappa shape index (κ1) is 20.4. The monoisotopic (exact) mass is 403 g/mol. The van der Waals surface area contributed by atoms with Gasteiger partial charge in [0, 0.05) is 21.3 Å².